The number of carbonyl (C=O) groups is 1. The van der Waals surface area contributed by atoms with Crippen molar-refractivity contribution in [3.8, 4) is 11.5 Å². The van der Waals surface area contributed by atoms with Crippen LogP contribution in [0.2, 0.25) is 0 Å². The van der Waals surface area contributed by atoms with Crippen molar-refractivity contribution in [2.24, 2.45) is 11.8 Å². The molecule has 0 fully saturated rings. The van der Waals surface area contributed by atoms with Gasteiger partial charge in [-0.3, -0.25) is 4.79 Å². The van der Waals surface area contributed by atoms with Gasteiger partial charge < -0.3 is 19.2 Å². The molecule has 0 unspecified atom stereocenters. The summed E-state index contributed by atoms with van der Waals surface area (Å²) in [6, 6.07) is 6.68. The van der Waals surface area contributed by atoms with E-state index in [2.05, 4.69) is 27.7 Å². The summed E-state index contributed by atoms with van der Waals surface area (Å²) in [5.41, 5.74) is 1.04. The highest BCUT2D eigenvalue weighted by atomic mass is 16.5. The van der Waals surface area contributed by atoms with Crippen molar-refractivity contribution < 1.29 is 24.0 Å². The third kappa shape index (κ3) is 4.47. The van der Waals surface area contributed by atoms with Crippen LogP contribution in [0.5, 0.6) is 11.5 Å². The molecule has 1 aliphatic rings. The molecule has 0 spiro atoms. The van der Waals surface area contributed by atoms with Crippen molar-refractivity contribution in [1.82, 2.24) is 0 Å². The number of rotatable bonds is 7. The van der Waals surface area contributed by atoms with Crippen LogP contribution >= 0.6 is 0 Å². The molecule has 0 saturated carbocycles. The number of aryl methyl sites for hydroxylation is 1. The summed E-state index contributed by atoms with van der Waals surface area (Å²) < 4.78 is 11.4. The molecule has 1 aromatic heterocycles. The number of fused-ring (bicyclic) bond motifs is 1. The first-order valence-electron chi connectivity index (χ1n) is 9.91. The molecule has 5 heteroatoms. The van der Waals surface area contributed by atoms with Gasteiger partial charge in [-0.1, -0.05) is 39.5 Å². The minimum atomic E-state index is -0.209. The van der Waals surface area contributed by atoms with Gasteiger partial charge in [0.25, 0.3) is 0 Å². The first kappa shape index (κ1) is 20.2. The average Bonchev–Trinajstić information content (AvgIpc) is 3.13. The molecule has 150 valence electrons. The van der Waals surface area contributed by atoms with E-state index in [1.165, 1.54) is 11.0 Å². The summed E-state index contributed by atoms with van der Waals surface area (Å²) in [6.07, 6.45) is 1.59. The first-order chi connectivity index (χ1) is 13.2. The number of hydrogen-bond donors (Lipinski definition) is 1. The van der Waals surface area contributed by atoms with Crippen LogP contribution in [0.15, 0.2) is 34.4 Å². The Bertz CT molecular complexity index is 882. The largest absolute Gasteiger partial charge is 0.872 e. The molecule has 3 rings (SSSR count). The monoisotopic (exact) mass is 383 g/mol. The van der Waals surface area contributed by atoms with Gasteiger partial charge >= 0.3 is 0 Å². The van der Waals surface area contributed by atoms with Crippen LogP contribution < -0.4 is 14.7 Å². The smallest absolute Gasteiger partial charge is 0.232 e. The quantitative estimate of drug-likeness (QED) is 0.747. The average molecular weight is 383 g/mol. The lowest BCUT2D eigenvalue weighted by atomic mass is 10.0. The van der Waals surface area contributed by atoms with E-state index in [1.54, 1.807) is 18.2 Å². The predicted molar refractivity (Wildman–Crippen MR) is 106 cm³/mol. The molecule has 0 bridgehead atoms. The van der Waals surface area contributed by atoms with E-state index >= 15 is 0 Å². The van der Waals surface area contributed by atoms with Crippen LogP contribution in [0.3, 0.4) is 0 Å². The van der Waals surface area contributed by atoms with E-state index in [0.29, 0.717) is 41.0 Å². The number of Topliss-reactive ketones (excluding diaryl/α,β-unsaturated/α-hetero) is 1. The number of benzene rings is 1. The van der Waals surface area contributed by atoms with E-state index in [4.69, 9.17) is 9.15 Å². The highest BCUT2D eigenvalue weighted by molar-refractivity contribution is 6.14. The molecular formula is C23H29NO4. The van der Waals surface area contributed by atoms with Gasteiger partial charge in [0.05, 0.1) is 18.7 Å². The Morgan fingerprint density at radius 3 is 2.32 bits per heavy atom. The molecule has 0 saturated heterocycles. The molecular weight excluding hydrogens is 354 g/mol. The first-order valence-corrected chi connectivity index (χ1v) is 9.91. The zero-order valence-corrected chi connectivity index (χ0v) is 17.3. The summed E-state index contributed by atoms with van der Waals surface area (Å²) in [5.74, 6) is 2.68. The topological polar surface area (TPSA) is 66.9 Å². The van der Waals surface area contributed by atoms with Crippen molar-refractivity contribution in [2.75, 3.05) is 13.1 Å². The number of allylic oxidation sites excluding steroid dienone is 1. The number of ketones is 1. The number of nitrogens with one attached hydrogen (secondary N) is 1. The molecule has 0 radical (unpaired) electrons. The Labute approximate surface area is 166 Å². The Morgan fingerprint density at radius 1 is 1.07 bits per heavy atom. The van der Waals surface area contributed by atoms with Gasteiger partial charge in [-0.15, -0.1) is 0 Å². The molecule has 0 aliphatic carbocycles. The molecule has 5 nitrogen and oxygen atoms in total. The van der Waals surface area contributed by atoms with E-state index in [0.717, 1.165) is 18.8 Å². The Morgan fingerprint density at radius 2 is 1.75 bits per heavy atom. The van der Waals surface area contributed by atoms with Crippen molar-refractivity contribution in [3.05, 3.63) is 52.7 Å². The number of quaternary nitrogens is 1. The molecule has 1 aliphatic heterocycles. The zero-order chi connectivity index (χ0) is 20.4. The number of hydrogen-bond acceptors (Lipinski definition) is 4. The van der Waals surface area contributed by atoms with Crippen LogP contribution in [0.25, 0.3) is 6.08 Å². The highest BCUT2D eigenvalue weighted by Gasteiger charge is 2.31. The summed E-state index contributed by atoms with van der Waals surface area (Å²) in [6.45, 7) is 13.0. The lowest BCUT2D eigenvalue weighted by Crippen LogP contribution is -3.11. The highest BCUT2D eigenvalue weighted by Crippen LogP contribution is 2.38. The van der Waals surface area contributed by atoms with Gasteiger partial charge in [-0.2, -0.15) is 0 Å². The van der Waals surface area contributed by atoms with Crippen molar-refractivity contribution in [3.63, 3.8) is 0 Å². The van der Waals surface area contributed by atoms with Crippen LogP contribution in [0.4, 0.5) is 0 Å². The van der Waals surface area contributed by atoms with E-state index in [-0.39, 0.29) is 17.3 Å². The zero-order valence-electron chi connectivity index (χ0n) is 17.3. The summed E-state index contributed by atoms with van der Waals surface area (Å²) in [7, 11) is 0. The fourth-order valence-electron chi connectivity index (χ4n) is 3.75. The van der Waals surface area contributed by atoms with Gasteiger partial charge in [-0.05, 0) is 25.1 Å². The standard InChI is InChI=1S/C23H29NO4/c1-14(2)11-24(12-15(3)4)13-19-20(25)9-8-18-22(26)21(28-23(18)19)10-17-7-6-16(5)27-17/h6-10,14-15,25H,11-13H2,1-5H3/b21-10-. The number of furan rings is 1. The lowest BCUT2D eigenvalue weighted by Gasteiger charge is -2.26. The third-order valence-electron chi connectivity index (χ3n) is 4.75. The summed E-state index contributed by atoms with van der Waals surface area (Å²) >= 11 is 0. The molecule has 1 aromatic carbocycles. The number of carbonyl (C=O) groups excluding carboxylic acids is 1. The minimum absolute atomic E-state index is 0.0772. The third-order valence-corrected chi connectivity index (χ3v) is 4.75. The number of ether oxygens (including phenoxy) is 1. The molecule has 2 heterocycles. The fourth-order valence-corrected chi connectivity index (χ4v) is 3.75. The second-order valence-corrected chi connectivity index (χ2v) is 8.43. The van der Waals surface area contributed by atoms with Gasteiger partial charge in [-0.25, -0.2) is 0 Å². The van der Waals surface area contributed by atoms with Gasteiger partial charge in [0.2, 0.25) is 5.78 Å². The van der Waals surface area contributed by atoms with Gasteiger partial charge in [0, 0.05) is 23.5 Å². The second kappa shape index (κ2) is 8.23. The van der Waals surface area contributed by atoms with Gasteiger partial charge in [0.1, 0.15) is 23.8 Å². The van der Waals surface area contributed by atoms with Crippen molar-refractivity contribution in [2.45, 2.75) is 41.2 Å². The van der Waals surface area contributed by atoms with Crippen LogP contribution in [-0.2, 0) is 6.54 Å². The van der Waals surface area contributed by atoms with E-state index < -0.39 is 0 Å². The maximum atomic E-state index is 12.8. The molecule has 0 amide bonds. The van der Waals surface area contributed by atoms with Crippen molar-refractivity contribution in [1.29, 1.82) is 0 Å². The Kier molecular flexibility index (Phi) is 5.94. The Balaban J connectivity index is 1.92. The Hall–Kier alpha value is -2.53. The molecule has 28 heavy (non-hydrogen) atoms. The predicted octanol–water partition coefficient (Wildman–Crippen LogP) is 2.97. The fraction of sp³-hybridized carbons (Fsp3) is 0.435. The second-order valence-electron chi connectivity index (χ2n) is 8.43. The summed E-state index contributed by atoms with van der Waals surface area (Å²) in [4.78, 5) is 14.1. The summed E-state index contributed by atoms with van der Waals surface area (Å²) in [5, 5.41) is 12.6. The normalized spacial score (nSPS) is 15.1. The molecule has 2 aromatic rings. The lowest BCUT2D eigenvalue weighted by molar-refractivity contribution is -0.919. The maximum Gasteiger partial charge on any atom is 0.232 e. The minimum Gasteiger partial charge on any atom is -0.872 e. The van der Waals surface area contributed by atoms with E-state index in [9.17, 15) is 9.90 Å². The van der Waals surface area contributed by atoms with Crippen LogP contribution in [0, 0.1) is 18.8 Å². The molecule has 0 atom stereocenters. The SMILES string of the molecule is Cc1ccc(/C=C2\Oc3c(ccc([O-])c3C[NH+](CC(C)C)CC(C)C)C2=O)o1. The van der Waals surface area contributed by atoms with Crippen LogP contribution in [0.1, 0.15) is 55.1 Å². The van der Waals surface area contributed by atoms with Crippen molar-refractivity contribution >= 4 is 11.9 Å². The van der Waals surface area contributed by atoms with E-state index in [1.807, 2.05) is 13.0 Å². The molecule has 1 N–H and O–H groups in total. The van der Waals surface area contributed by atoms with Crippen LogP contribution in [-0.4, -0.2) is 18.9 Å². The maximum absolute atomic E-state index is 12.8. The van der Waals surface area contributed by atoms with Gasteiger partial charge in [0.15, 0.2) is 5.76 Å².